The van der Waals surface area contributed by atoms with Gasteiger partial charge in [-0.2, -0.15) is 0 Å². The Morgan fingerprint density at radius 1 is 1.32 bits per heavy atom. The molecule has 170 valence electrons. The topological polar surface area (TPSA) is 109 Å². The van der Waals surface area contributed by atoms with Crippen LogP contribution in [0.5, 0.6) is 0 Å². The summed E-state index contributed by atoms with van der Waals surface area (Å²) in [6.07, 6.45) is 2.93. The van der Waals surface area contributed by atoms with E-state index < -0.39 is 0 Å². The van der Waals surface area contributed by atoms with Gasteiger partial charge in [0, 0.05) is 31.4 Å². The maximum absolute atomic E-state index is 12.9. The van der Waals surface area contributed by atoms with Gasteiger partial charge in [-0.05, 0) is 39.2 Å². The van der Waals surface area contributed by atoms with Gasteiger partial charge in [-0.15, -0.1) is 0 Å². The lowest BCUT2D eigenvalue weighted by Gasteiger charge is -2.31. The van der Waals surface area contributed by atoms with E-state index >= 15 is 0 Å². The first-order valence-electron chi connectivity index (χ1n) is 10.9. The zero-order chi connectivity index (χ0) is 22.4. The predicted molar refractivity (Wildman–Crippen MR) is 120 cm³/mol. The maximum atomic E-state index is 12.9. The number of amides is 2. The molecule has 0 atom stereocenters. The van der Waals surface area contributed by atoms with E-state index in [4.69, 9.17) is 4.74 Å². The lowest BCUT2D eigenvalue weighted by Crippen LogP contribution is -2.47. The van der Waals surface area contributed by atoms with Gasteiger partial charge >= 0.3 is 6.09 Å². The van der Waals surface area contributed by atoms with Gasteiger partial charge in [-0.1, -0.05) is 25.1 Å². The Hall–Kier alpha value is -2.49. The molecule has 1 aliphatic rings. The molecule has 0 spiro atoms. The number of likely N-dealkylation sites (tertiary alicyclic amines) is 1. The van der Waals surface area contributed by atoms with Gasteiger partial charge in [0.2, 0.25) is 5.91 Å². The Morgan fingerprint density at radius 2 is 2.06 bits per heavy atom. The van der Waals surface area contributed by atoms with Crippen LogP contribution in [-0.2, 0) is 16.1 Å². The second kappa shape index (κ2) is 10.7. The van der Waals surface area contributed by atoms with E-state index in [9.17, 15) is 14.4 Å². The highest BCUT2D eigenvalue weighted by Crippen LogP contribution is 2.19. The number of aromatic nitrogens is 3. The van der Waals surface area contributed by atoms with E-state index in [0.717, 1.165) is 18.5 Å². The fourth-order valence-corrected chi connectivity index (χ4v) is 4.49. The molecule has 3 rings (SSSR count). The highest BCUT2D eigenvalue weighted by Gasteiger charge is 2.24. The number of rotatable bonds is 8. The molecule has 1 saturated heterocycles. The predicted octanol–water partition coefficient (Wildman–Crippen LogP) is 2.66. The standard InChI is InChI=1S/C21H31N5O4S/c1-4-6-9-26-19(28)18-16(12-14(3)22-18)24-20(26)31-13-17(27)23-15-7-10-25(11-8-15)21(29)30-5-2/h12,15,22H,4-11,13H2,1-3H3,(H,23,27). The van der Waals surface area contributed by atoms with Crippen molar-refractivity contribution in [3.63, 3.8) is 0 Å². The van der Waals surface area contributed by atoms with Crippen molar-refractivity contribution in [3.8, 4) is 0 Å². The Morgan fingerprint density at radius 3 is 2.74 bits per heavy atom. The SMILES string of the molecule is CCCCn1c(SCC(=O)NC2CCN(C(=O)OCC)CC2)nc2cc(C)[nH]c2c1=O. The largest absolute Gasteiger partial charge is 0.450 e. The van der Waals surface area contributed by atoms with Crippen molar-refractivity contribution in [2.24, 2.45) is 0 Å². The molecule has 0 saturated carbocycles. The van der Waals surface area contributed by atoms with Gasteiger partial charge in [0.05, 0.1) is 17.9 Å². The first kappa shape index (κ1) is 23.2. The van der Waals surface area contributed by atoms with Crippen molar-refractivity contribution in [1.29, 1.82) is 0 Å². The quantitative estimate of drug-likeness (QED) is 0.474. The molecule has 0 bridgehead atoms. The highest BCUT2D eigenvalue weighted by atomic mass is 32.2. The zero-order valence-corrected chi connectivity index (χ0v) is 19.2. The molecule has 0 aliphatic carbocycles. The average molecular weight is 450 g/mol. The summed E-state index contributed by atoms with van der Waals surface area (Å²) in [5.41, 5.74) is 1.93. The molecule has 0 aromatic carbocycles. The summed E-state index contributed by atoms with van der Waals surface area (Å²) >= 11 is 1.29. The highest BCUT2D eigenvalue weighted by molar-refractivity contribution is 7.99. The first-order valence-corrected chi connectivity index (χ1v) is 11.9. The fourth-order valence-electron chi connectivity index (χ4n) is 3.66. The number of nitrogens with one attached hydrogen (secondary N) is 2. The van der Waals surface area contributed by atoms with Crippen LogP contribution in [0.4, 0.5) is 4.79 Å². The second-order valence-corrected chi connectivity index (χ2v) is 8.68. The molecule has 10 heteroatoms. The third-order valence-electron chi connectivity index (χ3n) is 5.29. The van der Waals surface area contributed by atoms with Gasteiger partial charge in [-0.3, -0.25) is 14.2 Å². The van der Waals surface area contributed by atoms with Crippen LogP contribution in [-0.4, -0.2) is 62.9 Å². The molecular weight excluding hydrogens is 418 g/mol. The molecule has 9 nitrogen and oxygen atoms in total. The summed E-state index contributed by atoms with van der Waals surface area (Å²) < 4.78 is 6.69. The van der Waals surface area contributed by atoms with Crippen molar-refractivity contribution in [2.45, 2.75) is 64.2 Å². The molecule has 31 heavy (non-hydrogen) atoms. The summed E-state index contributed by atoms with van der Waals surface area (Å²) in [6, 6.07) is 1.88. The molecule has 1 aliphatic heterocycles. The number of H-pyrrole nitrogens is 1. The molecular formula is C21H31N5O4S. The van der Waals surface area contributed by atoms with E-state index in [1.807, 2.05) is 13.0 Å². The van der Waals surface area contributed by atoms with Crippen LogP contribution in [0.25, 0.3) is 11.0 Å². The summed E-state index contributed by atoms with van der Waals surface area (Å²) in [6.45, 7) is 7.82. The van der Waals surface area contributed by atoms with Crippen molar-refractivity contribution < 1.29 is 14.3 Å². The van der Waals surface area contributed by atoms with Gasteiger partial charge in [0.15, 0.2) is 5.16 Å². The van der Waals surface area contributed by atoms with Crippen molar-refractivity contribution in [3.05, 3.63) is 22.1 Å². The summed E-state index contributed by atoms with van der Waals surface area (Å²) in [7, 11) is 0. The van der Waals surface area contributed by atoms with Crippen molar-refractivity contribution in [1.82, 2.24) is 24.8 Å². The summed E-state index contributed by atoms with van der Waals surface area (Å²) in [5, 5.41) is 3.61. The second-order valence-electron chi connectivity index (χ2n) is 7.73. The number of hydrogen-bond donors (Lipinski definition) is 2. The van der Waals surface area contributed by atoms with E-state index in [0.29, 0.717) is 55.3 Å². The minimum atomic E-state index is -0.297. The van der Waals surface area contributed by atoms with Crippen LogP contribution in [0.1, 0.15) is 45.2 Å². The van der Waals surface area contributed by atoms with Gasteiger partial charge < -0.3 is 19.9 Å². The van der Waals surface area contributed by atoms with E-state index in [1.165, 1.54) is 11.8 Å². The molecule has 0 radical (unpaired) electrons. The Kier molecular flexibility index (Phi) is 8.00. The Balaban J connectivity index is 1.60. The van der Waals surface area contributed by atoms with Gasteiger partial charge in [0.1, 0.15) is 5.52 Å². The Bertz CT molecular complexity index is 978. The normalized spacial score (nSPS) is 14.7. The van der Waals surface area contributed by atoms with E-state index in [1.54, 1.807) is 16.4 Å². The van der Waals surface area contributed by atoms with Crippen LogP contribution in [0, 0.1) is 6.92 Å². The number of carbonyl (C=O) groups excluding carboxylic acids is 2. The molecule has 0 unspecified atom stereocenters. The van der Waals surface area contributed by atoms with Crippen molar-refractivity contribution in [2.75, 3.05) is 25.4 Å². The van der Waals surface area contributed by atoms with Crippen LogP contribution >= 0.6 is 11.8 Å². The summed E-state index contributed by atoms with van der Waals surface area (Å²) in [4.78, 5) is 46.6. The minimum Gasteiger partial charge on any atom is -0.450 e. The van der Waals surface area contributed by atoms with Crippen LogP contribution in [0.2, 0.25) is 0 Å². The Labute approximate surface area is 185 Å². The summed E-state index contributed by atoms with van der Waals surface area (Å²) in [5.74, 6) is 0.0900. The monoisotopic (exact) mass is 449 g/mol. The number of hydrogen-bond acceptors (Lipinski definition) is 6. The van der Waals surface area contributed by atoms with Gasteiger partial charge in [0.25, 0.3) is 5.56 Å². The smallest absolute Gasteiger partial charge is 0.409 e. The van der Waals surface area contributed by atoms with Gasteiger partial charge in [-0.25, -0.2) is 9.78 Å². The molecule has 2 amide bonds. The number of unbranched alkanes of at least 4 members (excludes halogenated alkanes) is 1. The first-order chi connectivity index (χ1) is 14.9. The zero-order valence-electron chi connectivity index (χ0n) is 18.4. The number of carbonyl (C=O) groups is 2. The third-order valence-corrected chi connectivity index (χ3v) is 6.27. The molecule has 1 fully saturated rings. The van der Waals surface area contributed by atoms with Crippen LogP contribution in [0.15, 0.2) is 16.0 Å². The molecule has 2 aromatic rings. The minimum absolute atomic E-state index is 0.0313. The van der Waals surface area contributed by atoms with E-state index in [2.05, 4.69) is 22.2 Å². The van der Waals surface area contributed by atoms with Crippen LogP contribution in [0.3, 0.4) is 0 Å². The average Bonchev–Trinajstić information content (AvgIpc) is 3.13. The third kappa shape index (κ3) is 5.81. The fraction of sp³-hybridized carbons (Fsp3) is 0.619. The lowest BCUT2D eigenvalue weighted by molar-refractivity contribution is -0.119. The molecule has 3 heterocycles. The number of piperidine rings is 1. The number of nitrogens with zero attached hydrogens (tertiary/aromatic N) is 3. The lowest BCUT2D eigenvalue weighted by atomic mass is 10.1. The number of ether oxygens (including phenoxy) is 1. The number of thioether (sulfide) groups is 1. The van der Waals surface area contributed by atoms with E-state index in [-0.39, 0.29) is 29.4 Å². The molecule has 2 aromatic heterocycles. The maximum Gasteiger partial charge on any atom is 0.409 e. The van der Waals surface area contributed by atoms with Crippen LogP contribution < -0.4 is 10.9 Å². The molecule has 2 N–H and O–H groups in total. The van der Waals surface area contributed by atoms with Crippen molar-refractivity contribution >= 4 is 34.8 Å². The number of aryl methyl sites for hydroxylation is 1. The number of aromatic amines is 1. The number of fused-ring (bicyclic) bond motifs is 1.